The lowest BCUT2D eigenvalue weighted by molar-refractivity contribution is 0.00992. The number of aromatic nitrogens is 2. The molecule has 0 aliphatic carbocycles. The van der Waals surface area contributed by atoms with Crippen molar-refractivity contribution in [3.8, 4) is 5.75 Å². The Hall–Kier alpha value is -2.41. The van der Waals surface area contributed by atoms with Crippen molar-refractivity contribution in [3.05, 3.63) is 41.5 Å². The summed E-state index contributed by atoms with van der Waals surface area (Å²) in [5.74, 6) is 1.27. The predicted octanol–water partition coefficient (Wildman–Crippen LogP) is 2.14. The van der Waals surface area contributed by atoms with Crippen molar-refractivity contribution < 1.29 is 18.8 Å². The maximum absolute atomic E-state index is 12.8. The minimum Gasteiger partial charge on any atom is -0.486 e. The molecule has 2 aromatic rings. The largest absolute Gasteiger partial charge is 0.486 e. The van der Waals surface area contributed by atoms with Gasteiger partial charge in [0.1, 0.15) is 23.2 Å². The van der Waals surface area contributed by atoms with Crippen molar-refractivity contribution in [1.29, 1.82) is 0 Å². The average Bonchev–Trinajstić information content (AvgIpc) is 3.29. The molecule has 4 heterocycles. The number of hydrogen-bond donors (Lipinski definition) is 0. The van der Waals surface area contributed by atoms with Crippen LogP contribution in [-0.4, -0.2) is 52.3 Å². The summed E-state index contributed by atoms with van der Waals surface area (Å²) in [4.78, 5) is 18.7. The number of carbonyl (C=O) groups excluding carboxylic acids is 1. The normalized spacial score (nSPS) is 25.7. The molecule has 132 valence electrons. The molecule has 0 N–H and O–H groups in total. The molecule has 2 fully saturated rings. The van der Waals surface area contributed by atoms with Crippen LogP contribution in [0.3, 0.4) is 0 Å². The maximum atomic E-state index is 12.8. The van der Waals surface area contributed by atoms with Crippen molar-refractivity contribution in [1.82, 2.24) is 15.0 Å². The van der Waals surface area contributed by atoms with Gasteiger partial charge in [0, 0.05) is 19.2 Å². The van der Waals surface area contributed by atoms with Gasteiger partial charge >= 0.3 is 0 Å². The van der Waals surface area contributed by atoms with Gasteiger partial charge in [-0.3, -0.25) is 9.78 Å². The summed E-state index contributed by atoms with van der Waals surface area (Å²) in [5.41, 5.74) is 0.883. The highest BCUT2D eigenvalue weighted by Crippen LogP contribution is 2.37. The first kappa shape index (κ1) is 16.1. The Bertz CT molecular complexity index is 756. The van der Waals surface area contributed by atoms with Crippen LogP contribution < -0.4 is 4.74 Å². The Kier molecular flexibility index (Phi) is 3.95. The Morgan fingerprint density at radius 2 is 2.32 bits per heavy atom. The van der Waals surface area contributed by atoms with Gasteiger partial charge in [0.25, 0.3) is 5.91 Å². The first-order chi connectivity index (χ1) is 12.1. The molecular weight excluding hydrogens is 322 g/mol. The van der Waals surface area contributed by atoms with E-state index in [1.165, 1.54) is 0 Å². The Morgan fingerprint density at radius 1 is 1.44 bits per heavy atom. The van der Waals surface area contributed by atoms with Crippen molar-refractivity contribution in [2.45, 2.75) is 38.4 Å². The van der Waals surface area contributed by atoms with E-state index in [1.807, 2.05) is 17.0 Å². The molecule has 4 rings (SSSR count). The van der Waals surface area contributed by atoms with Crippen LogP contribution >= 0.6 is 0 Å². The van der Waals surface area contributed by atoms with Gasteiger partial charge in [-0.1, -0.05) is 5.16 Å². The van der Waals surface area contributed by atoms with E-state index in [2.05, 4.69) is 10.1 Å². The minimum absolute atomic E-state index is 0.0154. The zero-order valence-electron chi connectivity index (χ0n) is 14.4. The number of likely N-dealkylation sites (tertiary alicyclic amines) is 1. The second-order valence-electron chi connectivity index (χ2n) is 6.80. The molecule has 7 heteroatoms. The molecule has 7 nitrogen and oxygen atoms in total. The molecular formula is C18H21N3O4. The monoisotopic (exact) mass is 343 g/mol. The molecule has 2 aromatic heterocycles. The molecule has 0 radical (unpaired) electrons. The number of hydrogen-bond acceptors (Lipinski definition) is 6. The van der Waals surface area contributed by atoms with Crippen molar-refractivity contribution in [2.75, 3.05) is 19.7 Å². The van der Waals surface area contributed by atoms with E-state index < -0.39 is 0 Å². The van der Waals surface area contributed by atoms with Crippen LogP contribution in [0.25, 0.3) is 0 Å². The summed E-state index contributed by atoms with van der Waals surface area (Å²) in [6.07, 6.45) is 4.99. The van der Waals surface area contributed by atoms with Gasteiger partial charge in [-0.05, 0) is 32.4 Å². The Labute approximate surface area is 145 Å². The third kappa shape index (κ3) is 3.00. The van der Waals surface area contributed by atoms with Gasteiger partial charge < -0.3 is 18.9 Å². The van der Waals surface area contributed by atoms with E-state index >= 15 is 0 Å². The third-order valence-electron chi connectivity index (χ3n) is 4.96. The molecule has 25 heavy (non-hydrogen) atoms. The number of carbonyl (C=O) groups is 1. The summed E-state index contributed by atoms with van der Waals surface area (Å²) in [7, 11) is 0. The van der Waals surface area contributed by atoms with Gasteiger partial charge in [-0.2, -0.15) is 0 Å². The molecule has 2 saturated heterocycles. The van der Waals surface area contributed by atoms with Crippen molar-refractivity contribution in [3.63, 3.8) is 0 Å². The number of aryl methyl sites for hydroxylation is 2. The molecule has 1 spiro atoms. The summed E-state index contributed by atoms with van der Waals surface area (Å²) < 4.78 is 17.1. The first-order valence-corrected chi connectivity index (χ1v) is 8.49. The fourth-order valence-electron chi connectivity index (χ4n) is 3.74. The number of ether oxygens (including phenoxy) is 2. The summed E-state index contributed by atoms with van der Waals surface area (Å²) >= 11 is 0. The number of rotatable bonds is 3. The summed E-state index contributed by atoms with van der Waals surface area (Å²) in [5, 5.41) is 3.88. The Balaban J connectivity index is 1.41. The van der Waals surface area contributed by atoms with Gasteiger partial charge in [-0.25, -0.2) is 0 Å². The number of pyridine rings is 1. The van der Waals surface area contributed by atoms with Crippen LogP contribution in [0.5, 0.6) is 5.75 Å². The third-order valence-corrected chi connectivity index (χ3v) is 4.96. The predicted molar refractivity (Wildman–Crippen MR) is 88.5 cm³/mol. The van der Waals surface area contributed by atoms with E-state index in [-0.39, 0.29) is 17.6 Å². The Morgan fingerprint density at radius 3 is 3.04 bits per heavy atom. The van der Waals surface area contributed by atoms with Crippen molar-refractivity contribution >= 4 is 5.91 Å². The average molecular weight is 343 g/mol. The van der Waals surface area contributed by atoms with Crippen LogP contribution in [0, 0.1) is 13.8 Å². The van der Waals surface area contributed by atoms with Crippen LogP contribution in [-0.2, 0) is 4.74 Å². The van der Waals surface area contributed by atoms with Gasteiger partial charge in [-0.15, -0.1) is 0 Å². The molecule has 0 bridgehead atoms. The minimum atomic E-state index is -0.318. The zero-order chi connectivity index (χ0) is 17.4. The molecule has 1 amide bonds. The van der Waals surface area contributed by atoms with E-state index in [9.17, 15) is 4.79 Å². The first-order valence-electron chi connectivity index (χ1n) is 8.49. The molecule has 0 aromatic carbocycles. The van der Waals surface area contributed by atoms with E-state index in [0.29, 0.717) is 36.7 Å². The quantitative estimate of drug-likeness (QED) is 0.850. The second-order valence-corrected chi connectivity index (χ2v) is 6.80. The van der Waals surface area contributed by atoms with Crippen LogP contribution in [0.4, 0.5) is 0 Å². The van der Waals surface area contributed by atoms with Crippen LogP contribution in [0.2, 0.25) is 0 Å². The highest BCUT2D eigenvalue weighted by atomic mass is 16.6. The second kappa shape index (κ2) is 6.15. The fourth-order valence-corrected chi connectivity index (χ4v) is 3.74. The van der Waals surface area contributed by atoms with E-state index in [0.717, 1.165) is 18.6 Å². The van der Waals surface area contributed by atoms with E-state index in [1.54, 1.807) is 26.2 Å². The topological polar surface area (TPSA) is 77.7 Å². The lowest BCUT2D eigenvalue weighted by Gasteiger charge is -2.23. The van der Waals surface area contributed by atoms with Gasteiger partial charge in [0.2, 0.25) is 0 Å². The molecule has 2 aliphatic rings. The van der Waals surface area contributed by atoms with E-state index in [4.69, 9.17) is 14.0 Å². The number of amides is 1. The summed E-state index contributed by atoms with van der Waals surface area (Å²) in [6.45, 7) is 5.33. The standard InChI is InChI=1S/C18H21N3O4/c1-12-16(13(2)25-20-12)17(22)21-7-5-18(11-21)8-15(10-23-18)24-14-4-3-6-19-9-14/h3-4,6,9,15H,5,7-8,10-11H2,1-2H3/t15-,18-/m0/s1. The molecule has 2 atom stereocenters. The lowest BCUT2D eigenvalue weighted by atomic mass is 9.98. The SMILES string of the molecule is Cc1noc(C)c1C(=O)N1CC[C@]2(C[C@H](Oc3cccnc3)CO2)C1. The van der Waals surface area contributed by atoms with Gasteiger partial charge in [0.15, 0.2) is 0 Å². The maximum Gasteiger partial charge on any atom is 0.259 e. The fraction of sp³-hybridized carbons (Fsp3) is 0.500. The lowest BCUT2D eigenvalue weighted by Crippen LogP contribution is -2.36. The van der Waals surface area contributed by atoms with Gasteiger partial charge in [0.05, 0.1) is 30.6 Å². The molecule has 0 saturated carbocycles. The highest BCUT2D eigenvalue weighted by molar-refractivity contribution is 5.96. The van der Waals surface area contributed by atoms with Crippen LogP contribution in [0.15, 0.2) is 29.0 Å². The molecule has 0 unspecified atom stereocenters. The highest BCUT2D eigenvalue weighted by Gasteiger charge is 2.48. The van der Waals surface area contributed by atoms with Crippen LogP contribution in [0.1, 0.15) is 34.7 Å². The zero-order valence-corrected chi connectivity index (χ0v) is 14.4. The van der Waals surface area contributed by atoms with Crippen molar-refractivity contribution in [2.24, 2.45) is 0 Å². The molecule has 2 aliphatic heterocycles. The smallest absolute Gasteiger partial charge is 0.259 e. The number of nitrogens with zero attached hydrogens (tertiary/aromatic N) is 3. The summed E-state index contributed by atoms with van der Waals surface area (Å²) in [6, 6.07) is 3.74.